The van der Waals surface area contributed by atoms with Gasteiger partial charge in [-0.2, -0.15) is 0 Å². The summed E-state index contributed by atoms with van der Waals surface area (Å²) in [5.74, 6) is -0.982. The Hall–Kier alpha value is -0.650. The van der Waals surface area contributed by atoms with Crippen molar-refractivity contribution in [3.8, 4) is 0 Å². The van der Waals surface area contributed by atoms with Crippen molar-refractivity contribution in [3.05, 3.63) is 0 Å². The second kappa shape index (κ2) is 8.93. The van der Waals surface area contributed by atoms with E-state index in [9.17, 15) is 4.79 Å². The highest BCUT2D eigenvalue weighted by atomic mass is 16.5. The molecule has 5 heteroatoms. The van der Waals surface area contributed by atoms with Crippen LogP contribution in [0.25, 0.3) is 0 Å². The summed E-state index contributed by atoms with van der Waals surface area (Å²) < 4.78 is 5.27. The van der Waals surface area contributed by atoms with Gasteiger partial charge in [0.2, 0.25) is 0 Å². The van der Waals surface area contributed by atoms with Crippen LogP contribution in [0.5, 0.6) is 0 Å². The molecule has 0 aliphatic rings. The lowest BCUT2D eigenvalue weighted by Crippen LogP contribution is -2.41. The van der Waals surface area contributed by atoms with E-state index in [2.05, 4.69) is 12.2 Å². The van der Waals surface area contributed by atoms with Gasteiger partial charge < -0.3 is 20.9 Å². The average Bonchev–Trinajstić information content (AvgIpc) is 2.16. The molecule has 84 valence electrons. The number of hydrogen-bond donors (Lipinski definition) is 3. The number of carboxylic acids is 1. The Balaban J connectivity index is 3.09. The smallest absolute Gasteiger partial charge is 0.321 e. The molecule has 0 saturated heterocycles. The van der Waals surface area contributed by atoms with Crippen molar-refractivity contribution in [3.63, 3.8) is 0 Å². The predicted molar refractivity (Wildman–Crippen MR) is 54.2 cm³/mol. The van der Waals surface area contributed by atoms with E-state index < -0.39 is 12.0 Å². The molecular weight excluding hydrogens is 184 g/mol. The van der Waals surface area contributed by atoms with Crippen LogP contribution in [-0.4, -0.2) is 43.4 Å². The fourth-order valence-electron chi connectivity index (χ4n) is 0.838. The van der Waals surface area contributed by atoms with Crippen LogP contribution >= 0.6 is 0 Å². The minimum Gasteiger partial charge on any atom is -0.480 e. The highest BCUT2D eigenvalue weighted by Gasteiger charge is 2.09. The normalized spacial score (nSPS) is 12.7. The van der Waals surface area contributed by atoms with Gasteiger partial charge in [0.1, 0.15) is 6.04 Å². The lowest BCUT2D eigenvalue weighted by molar-refractivity contribution is -0.138. The molecule has 4 N–H and O–H groups in total. The van der Waals surface area contributed by atoms with Gasteiger partial charge in [0.05, 0.1) is 6.61 Å². The van der Waals surface area contributed by atoms with Crippen LogP contribution in [0.2, 0.25) is 0 Å². The molecule has 0 spiro atoms. The highest BCUT2D eigenvalue weighted by Crippen LogP contribution is 1.86. The van der Waals surface area contributed by atoms with Crippen LogP contribution < -0.4 is 11.1 Å². The zero-order valence-electron chi connectivity index (χ0n) is 8.66. The van der Waals surface area contributed by atoms with Crippen molar-refractivity contribution in [1.29, 1.82) is 0 Å². The highest BCUT2D eigenvalue weighted by molar-refractivity contribution is 5.73. The standard InChI is InChI=1S/C9H20N2O3/c1-2-3-5-14-6-4-11-7-8(10)9(12)13/h8,11H,2-7,10H2,1H3,(H,12,13). The van der Waals surface area contributed by atoms with Gasteiger partial charge in [-0.25, -0.2) is 0 Å². The fraction of sp³-hybridized carbons (Fsp3) is 0.889. The molecule has 0 aromatic carbocycles. The fourth-order valence-corrected chi connectivity index (χ4v) is 0.838. The number of aliphatic carboxylic acids is 1. The number of nitrogens with two attached hydrogens (primary N) is 1. The zero-order valence-corrected chi connectivity index (χ0v) is 8.66. The number of hydrogen-bond acceptors (Lipinski definition) is 4. The second-order valence-electron chi connectivity index (χ2n) is 3.11. The molecule has 0 aliphatic carbocycles. The van der Waals surface area contributed by atoms with Crippen molar-refractivity contribution in [2.75, 3.05) is 26.3 Å². The molecule has 14 heavy (non-hydrogen) atoms. The van der Waals surface area contributed by atoms with Crippen molar-refractivity contribution >= 4 is 5.97 Å². The summed E-state index contributed by atoms with van der Waals surface area (Å²) in [6.45, 7) is 4.40. The Morgan fingerprint density at radius 2 is 2.29 bits per heavy atom. The van der Waals surface area contributed by atoms with Gasteiger partial charge in [-0.05, 0) is 6.42 Å². The van der Waals surface area contributed by atoms with Gasteiger partial charge >= 0.3 is 5.97 Å². The van der Waals surface area contributed by atoms with Gasteiger partial charge in [0.25, 0.3) is 0 Å². The van der Waals surface area contributed by atoms with Crippen LogP contribution in [-0.2, 0) is 9.53 Å². The SMILES string of the molecule is CCCCOCCNCC(N)C(=O)O. The van der Waals surface area contributed by atoms with Gasteiger partial charge in [0, 0.05) is 19.7 Å². The Bertz CT molecular complexity index is 153. The lowest BCUT2D eigenvalue weighted by atomic mass is 10.3. The van der Waals surface area contributed by atoms with E-state index in [1.165, 1.54) is 0 Å². The van der Waals surface area contributed by atoms with E-state index in [0.717, 1.165) is 19.4 Å². The predicted octanol–water partition coefficient (Wildman–Crippen LogP) is -0.195. The van der Waals surface area contributed by atoms with Gasteiger partial charge in [-0.3, -0.25) is 4.79 Å². The number of carboxylic acid groups (broad SMARTS) is 1. The summed E-state index contributed by atoms with van der Waals surface area (Å²) in [7, 11) is 0. The Morgan fingerprint density at radius 3 is 2.86 bits per heavy atom. The molecular formula is C9H20N2O3. The van der Waals surface area contributed by atoms with Crippen LogP contribution in [0.4, 0.5) is 0 Å². The molecule has 0 amide bonds. The Morgan fingerprint density at radius 1 is 1.57 bits per heavy atom. The quantitative estimate of drug-likeness (QED) is 0.453. The van der Waals surface area contributed by atoms with E-state index in [0.29, 0.717) is 13.2 Å². The topological polar surface area (TPSA) is 84.6 Å². The first kappa shape index (κ1) is 13.4. The van der Waals surface area contributed by atoms with Crippen LogP contribution in [0.1, 0.15) is 19.8 Å². The molecule has 0 aliphatic heterocycles. The van der Waals surface area contributed by atoms with Crippen molar-refractivity contribution in [1.82, 2.24) is 5.32 Å². The summed E-state index contributed by atoms with van der Waals surface area (Å²) in [6.07, 6.45) is 2.19. The van der Waals surface area contributed by atoms with E-state index in [1.54, 1.807) is 0 Å². The van der Waals surface area contributed by atoms with E-state index in [4.69, 9.17) is 15.6 Å². The first-order valence-corrected chi connectivity index (χ1v) is 4.95. The molecule has 0 radical (unpaired) electrons. The Labute approximate surface area is 84.6 Å². The summed E-state index contributed by atoms with van der Waals surface area (Å²) in [4.78, 5) is 10.3. The minimum absolute atomic E-state index is 0.284. The second-order valence-corrected chi connectivity index (χ2v) is 3.11. The molecule has 0 fully saturated rings. The Kier molecular flexibility index (Phi) is 8.51. The average molecular weight is 204 g/mol. The van der Waals surface area contributed by atoms with Crippen molar-refractivity contribution < 1.29 is 14.6 Å². The summed E-state index contributed by atoms with van der Waals surface area (Å²) in [5, 5.41) is 11.4. The number of rotatable bonds is 9. The monoisotopic (exact) mass is 204 g/mol. The molecule has 1 unspecified atom stereocenters. The van der Waals surface area contributed by atoms with Crippen LogP contribution in [0.15, 0.2) is 0 Å². The molecule has 0 aromatic heterocycles. The third-order valence-corrected chi connectivity index (χ3v) is 1.75. The molecule has 0 rings (SSSR count). The van der Waals surface area contributed by atoms with E-state index >= 15 is 0 Å². The third kappa shape index (κ3) is 7.97. The van der Waals surface area contributed by atoms with Crippen LogP contribution in [0, 0.1) is 0 Å². The van der Waals surface area contributed by atoms with Crippen molar-refractivity contribution in [2.24, 2.45) is 5.73 Å². The van der Waals surface area contributed by atoms with Gasteiger partial charge in [0.15, 0.2) is 0 Å². The van der Waals surface area contributed by atoms with Crippen molar-refractivity contribution in [2.45, 2.75) is 25.8 Å². The first-order valence-electron chi connectivity index (χ1n) is 4.95. The maximum Gasteiger partial charge on any atom is 0.321 e. The molecule has 0 saturated carbocycles. The first-order chi connectivity index (χ1) is 6.68. The maximum atomic E-state index is 10.3. The van der Waals surface area contributed by atoms with E-state index in [-0.39, 0.29) is 6.54 Å². The molecule has 0 bridgehead atoms. The molecule has 0 aromatic rings. The summed E-state index contributed by atoms with van der Waals surface area (Å²) >= 11 is 0. The number of unbranched alkanes of at least 4 members (excludes halogenated alkanes) is 1. The van der Waals surface area contributed by atoms with Gasteiger partial charge in [-0.1, -0.05) is 13.3 Å². The molecule has 5 nitrogen and oxygen atoms in total. The van der Waals surface area contributed by atoms with Crippen LogP contribution in [0.3, 0.4) is 0 Å². The summed E-state index contributed by atoms with van der Waals surface area (Å²) in [5.41, 5.74) is 5.28. The molecule has 1 atom stereocenters. The largest absolute Gasteiger partial charge is 0.480 e. The zero-order chi connectivity index (χ0) is 10.8. The van der Waals surface area contributed by atoms with Gasteiger partial charge in [-0.15, -0.1) is 0 Å². The molecule has 0 heterocycles. The third-order valence-electron chi connectivity index (χ3n) is 1.75. The van der Waals surface area contributed by atoms with E-state index in [1.807, 2.05) is 0 Å². The number of carbonyl (C=O) groups is 1. The number of nitrogens with one attached hydrogen (secondary N) is 1. The number of ether oxygens (including phenoxy) is 1. The lowest BCUT2D eigenvalue weighted by Gasteiger charge is -2.08. The maximum absolute atomic E-state index is 10.3. The minimum atomic E-state index is -0.982. The summed E-state index contributed by atoms with van der Waals surface area (Å²) in [6, 6.07) is -0.828.